The van der Waals surface area contributed by atoms with Gasteiger partial charge in [-0.3, -0.25) is 0 Å². The summed E-state index contributed by atoms with van der Waals surface area (Å²) in [5, 5.41) is 2.81. The van der Waals surface area contributed by atoms with Crippen molar-refractivity contribution in [1.29, 1.82) is 0 Å². The molecule has 0 aliphatic carbocycles. The van der Waals surface area contributed by atoms with E-state index in [2.05, 4.69) is 5.32 Å². The van der Waals surface area contributed by atoms with Gasteiger partial charge in [-0.2, -0.15) is 0 Å². The molecule has 0 spiro atoms. The summed E-state index contributed by atoms with van der Waals surface area (Å²) >= 11 is 0. The molecule has 1 aliphatic heterocycles. The predicted molar refractivity (Wildman–Crippen MR) is 33.0 cm³/mol. The van der Waals surface area contributed by atoms with E-state index in [1.165, 1.54) is 0 Å². The van der Waals surface area contributed by atoms with Crippen molar-refractivity contribution in [3.63, 3.8) is 0 Å². The zero-order valence-electron chi connectivity index (χ0n) is 4.77. The zero-order valence-corrected chi connectivity index (χ0v) is 4.77. The van der Waals surface area contributed by atoms with Gasteiger partial charge in [-0.25, -0.2) is 0 Å². The van der Waals surface area contributed by atoms with Crippen LogP contribution in [0.3, 0.4) is 0 Å². The minimum absolute atomic E-state index is 0.0602. The molecule has 0 unspecified atom stereocenters. The number of hydrogen-bond acceptors (Lipinski definition) is 2. The van der Waals surface area contributed by atoms with Crippen LogP contribution >= 0.6 is 0 Å². The quantitative estimate of drug-likeness (QED) is 0.413. The summed E-state index contributed by atoms with van der Waals surface area (Å²) in [6.07, 6.45) is 0.404. The van der Waals surface area contributed by atoms with Gasteiger partial charge in [-0.05, 0) is 0 Å². The Labute approximate surface area is 49.3 Å². The van der Waals surface area contributed by atoms with Gasteiger partial charge in [-0.1, -0.05) is 0 Å². The molecule has 0 aromatic rings. The van der Waals surface area contributed by atoms with E-state index in [0.717, 1.165) is 0 Å². The summed E-state index contributed by atoms with van der Waals surface area (Å²) in [5.74, 6) is 0.183. The van der Waals surface area contributed by atoms with Crippen molar-refractivity contribution in [1.82, 2.24) is 5.32 Å². The SMILES string of the molecule is [B]=C1CC(=O)[C@H](C)N1. The van der Waals surface area contributed by atoms with Gasteiger partial charge in [0.2, 0.25) is 0 Å². The number of hydrogen-bond donors (Lipinski definition) is 1. The summed E-state index contributed by atoms with van der Waals surface area (Å²) < 4.78 is 0. The predicted octanol–water partition coefficient (Wildman–Crippen LogP) is -0.764. The molecule has 0 amide bonds. The fourth-order valence-electron chi connectivity index (χ4n) is 0.750. The molecule has 1 heterocycles. The van der Waals surface area contributed by atoms with Gasteiger partial charge < -0.3 is 0 Å². The summed E-state index contributed by atoms with van der Waals surface area (Å²) in [5.41, 5.74) is 0.600. The zero-order chi connectivity index (χ0) is 6.15. The number of ketones is 1. The normalized spacial score (nSPS) is 28.2. The molecule has 1 fully saturated rings. The monoisotopic (exact) mass is 108 g/mol. The Bertz CT molecular complexity index is 143. The summed E-state index contributed by atoms with van der Waals surface area (Å²) in [4.78, 5) is 10.6. The molecular formula is C5H7BNO. The van der Waals surface area contributed by atoms with Gasteiger partial charge >= 0.3 is 48.4 Å². The number of carbonyl (C=O) groups is 1. The molecule has 0 aromatic heterocycles. The van der Waals surface area contributed by atoms with Crippen LogP contribution in [0.5, 0.6) is 0 Å². The molecule has 41 valence electrons. The van der Waals surface area contributed by atoms with Crippen molar-refractivity contribution in [2.24, 2.45) is 0 Å². The molecule has 1 N–H and O–H groups in total. The molecule has 2 nitrogen and oxygen atoms in total. The molecule has 1 saturated heterocycles. The molecule has 3 heteroatoms. The Kier molecular flexibility index (Phi) is 1.20. The Morgan fingerprint density at radius 3 is 2.62 bits per heavy atom. The number of Topliss-reactive ketones (excluding diaryl/α,β-unsaturated/α-hetero) is 1. The van der Waals surface area contributed by atoms with E-state index in [9.17, 15) is 4.79 Å². The standard InChI is InChI=1S/C5H7BNO/c1-3-4(8)2-5(6)7-3/h3,7H,2H2,1H3/t3-/m0/s1. The fraction of sp³-hybridized carbons (Fsp3) is 0.600. The van der Waals surface area contributed by atoms with Crippen LogP contribution in [0.25, 0.3) is 0 Å². The van der Waals surface area contributed by atoms with Gasteiger partial charge in [0.05, 0.1) is 0 Å². The summed E-state index contributed by atoms with van der Waals surface area (Å²) in [6.45, 7) is 1.81. The van der Waals surface area contributed by atoms with E-state index in [4.69, 9.17) is 7.49 Å². The minimum atomic E-state index is -0.0602. The first-order valence-electron chi connectivity index (χ1n) is 2.60. The maximum atomic E-state index is 10.6. The molecule has 0 aromatic carbocycles. The average molecular weight is 108 g/mol. The van der Waals surface area contributed by atoms with Crippen molar-refractivity contribution >= 4 is 18.9 Å². The van der Waals surface area contributed by atoms with E-state index >= 15 is 0 Å². The van der Waals surface area contributed by atoms with E-state index in [0.29, 0.717) is 12.0 Å². The summed E-state index contributed by atoms with van der Waals surface area (Å²) in [7, 11) is 5.30. The molecule has 1 radical (unpaired) electrons. The van der Waals surface area contributed by atoms with Crippen LogP contribution in [0, 0.1) is 0 Å². The van der Waals surface area contributed by atoms with Crippen molar-refractivity contribution in [2.45, 2.75) is 19.4 Å². The van der Waals surface area contributed by atoms with E-state index < -0.39 is 0 Å². The Balaban J connectivity index is 2.64. The topological polar surface area (TPSA) is 29.1 Å². The van der Waals surface area contributed by atoms with Crippen molar-refractivity contribution in [2.75, 3.05) is 0 Å². The van der Waals surface area contributed by atoms with Gasteiger partial charge in [-0.15, -0.1) is 0 Å². The summed E-state index contributed by atoms with van der Waals surface area (Å²) in [6, 6.07) is -0.0602. The van der Waals surface area contributed by atoms with E-state index in [1.54, 1.807) is 0 Å². The number of carbonyl (C=O) groups excluding carboxylic acids is 1. The molecule has 1 aliphatic rings. The number of nitrogens with one attached hydrogen (secondary N) is 1. The Morgan fingerprint density at radius 2 is 2.50 bits per heavy atom. The Morgan fingerprint density at radius 1 is 1.88 bits per heavy atom. The van der Waals surface area contributed by atoms with Crippen molar-refractivity contribution < 1.29 is 4.79 Å². The van der Waals surface area contributed by atoms with Gasteiger partial charge in [0.1, 0.15) is 0 Å². The maximum absolute atomic E-state index is 10.6. The third-order valence-electron chi connectivity index (χ3n) is 1.25. The van der Waals surface area contributed by atoms with Crippen LogP contribution in [-0.4, -0.2) is 24.9 Å². The molecule has 0 bridgehead atoms. The molecule has 1 atom stereocenters. The first-order chi connectivity index (χ1) is 3.70. The number of rotatable bonds is 0. The van der Waals surface area contributed by atoms with Gasteiger partial charge in [0, 0.05) is 0 Å². The van der Waals surface area contributed by atoms with E-state index in [1.807, 2.05) is 6.92 Å². The fourth-order valence-corrected chi connectivity index (χ4v) is 0.750. The van der Waals surface area contributed by atoms with Crippen LogP contribution in [0.2, 0.25) is 0 Å². The Hall–Kier alpha value is -0.595. The van der Waals surface area contributed by atoms with Crippen LogP contribution in [0.1, 0.15) is 13.3 Å². The van der Waals surface area contributed by atoms with Crippen molar-refractivity contribution in [3.05, 3.63) is 0 Å². The van der Waals surface area contributed by atoms with Crippen LogP contribution in [-0.2, 0) is 4.79 Å². The van der Waals surface area contributed by atoms with Gasteiger partial charge in [0.25, 0.3) is 0 Å². The first kappa shape index (κ1) is 5.54. The first-order valence-corrected chi connectivity index (χ1v) is 2.60. The molecule has 1 rings (SSSR count). The van der Waals surface area contributed by atoms with Crippen LogP contribution in [0.15, 0.2) is 0 Å². The third-order valence-corrected chi connectivity index (χ3v) is 1.25. The molecule has 8 heavy (non-hydrogen) atoms. The third kappa shape index (κ3) is 0.806. The van der Waals surface area contributed by atoms with E-state index in [-0.39, 0.29) is 11.8 Å². The van der Waals surface area contributed by atoms with Crippen LogP contribution < -0.4 is 5.32 Å². The average Bonchev–Trinajstić information content (AvgIpc) is 1.85. The molecular weight excluding hydrogens is 101 g/mol. The second-order valence-electron chi connectivity index (χ2n) is 2.03. The van der Waals surface area contributed by atoms with Gasteiger partial charge in [0.15, 0.2) is 0 Å². The second kappa shape index (κ2) is 1.73. The van der Waals surface area contributed by atoms with Crippen LogP contribution in [0.4, 0.5) is 0 Å². The van der Waals surface area contributed by atoms with Crippen molar-refractivity contribution in [3.8, 4) is 0 Å². The molecule has 0 saturated carbocycles. The second-order valence-corrected chi connectivity index (χ2v) is 2.03.